The summed E-state index contributed by atoms with van der Waals surface area (Å²) in [6, 6.07) is 19.1. The van der Waals surface area contributed by atoms with E-state index in [0.29, 0.717) is 0 Å². The van der Waals surface area contributed by atoms with Crippen LogP contribution in [0.4, 0.5) is 11.4 Å². The minimum absolute atomic E-state index is 0.0120. The van der Waals surface area contributed by atoms with Crippen LogP contribution >= 0.6 is 0 Å². The van der Waals surface area contributed by atoms with E-state index in [4.69, 9.17) is 5.11 Å². The summed E-state index contributed by atoms with van der Waals surface area (Å²) < 4.78 is 0. The Morgan fingerprint density at radius 3 is 2.53 bits per heavy atom. The fourth-order valence-electron chi connectivity index (χ4n) is 1.32. The molecule has 0 aliphatic carbocycles. The van der Waals surface area contributed by atoms with E-state index in [9.17, 15) is 0 Å². The predicted molar refractivity (Wildman–Crippen MR) is 59.8 cm³/mol. The van der Waals surface area contributed by atoms with Crippen LogP contribution < -0.4 is 5.32 Å². The van der Waals surface area contributed by atoms with Crippen LogP contribution in [0.2, 0.25) is 0 Å². The zero-order valence-corrected chi connectivity index (χ0v) is 8.20. The smallest absolute Gasteiger partial charge is 0.0688 e. The van der Waals surface area contributed by atoms with Crippen molar-refractivity contribution in [1.29, 1.82) is 0 Å². The average Bonchev–Trinajstić information content (AvgIpc) is 2.31. The van der Waals surface area contributed by atoms with Crippen LogP contribution in [0.5, 0.6) is 0 Å². The summed E-state index contributed by atoms with van der Waals surface area (Å²) in [5, 5.41) is 12.2. The summed E-state index contributed by atoms with van der Waals surface area (Å²) in [5.74, 6) is 0. The molecule has 0 aromatic heterocycles. The Bertz CT molecular complexity index is 426. The Labute approximate surface area is 89.2 Å². The molecule has 0 unspecified atom stereocenters. The minimum atomic E-state index is 0.0120. The van der Waals surface area contributed by atoms with Gasteiger partial charge in [0.1, 0.15) is 0 Å². The molecule has 2 radical (unpaired) electrons. The van der Waals surface area contributed by atoms with Crippen molar-refractivity contribution in [3.8, 4) is 0 Å². The van der Waals surface area contributed by atoms with Gasteiger partial charge in [0.2, 0.25) is 0 Å². The Morgan fingerprint density at radius 2 is 1.80 bits per heavy atom. The topological polar surface area (TPSA) is 32.3 Å². The van der Waals surface area contributed by atoms with Gasteiger partial charge in [0.05, 0.1) is 6.61 Å². The van der Waals surface area contributed by atoms with Crippen LogP contribution in [-0.2, 0) is 6.61 Å². The number of anilines is 2. The van der Waals surface area contributed by atoms with Gasteiger partial charge in [-0.05, 0) is 42.0 Å². The second-order valence-electron chi connectivity index (χ2n) is 3.17. The molecular formula is C13H11NO. The fourth-order valence-corrected chi connectivity index (χ4v) is 1.32. The van der Waals surface area contributed by atoms with E-state index in [1.54, 1.807) is 6.07 Å². The van der Waals surface area contributed by atoms with E-state index < -0.39 is 0 Å². The molecule has 0 spiro atoms. The molecule has 0 bridgehead atoms. The highest BCUT2D eigenvalue weighted by Crippen LogP contribution is 2.16. The van der Waals surface area contributed by atoms with Crippen LogP contribution in [0.25, 0.3) is 0 Å². The highest BCUT2D eigenvalue weighted by molar-refractivity contribution is 5.59. The van der Waals surface area contributed by atoms with E-state index in [2.05, 4.69) is 17.4 Å². The van der Waals surface area contributed by atoms with Gasteiger partial charge in [-0.3, -0.25) is 0 Å². The Kier molecular flexibility index (Phi) is 3.00. The lowest BCUT2D eigenvalue weighted by atomic mass is 10.2. The molecule has 2 N–H and O–H groups in total. The molecule has 15 heavy (non-hydrogen) atoms. The summed E-state index contributed by atoms with van der Waals surface area (Å²) in [6.07, 6.45) is 0. The highest BCUT2D eigenvalue weighted by atomic mass is 16.3. The van der Waals surface area contributed by atoms with Crippen LogP contribution in [0.15, 0.2) is 42.5 Å². The first-order valence-corrected chi connectivity index (χ1v) is 4.73. The second kappa shape index (κ2) is 4.62. The van der Waals surface area contributed by atoms with E-state index >= 15 is 0 Å². The van der Waals surface area contributed by atoms with Crippen LogP contribution in [0.1, 0.15) is 5.56 Å². The molecular weight excluding hydrogens is 186 g/mol. The standard InChI is InChI=1S/C13H11NO/c15-10-11-5-4-8-13(9-11)14-12-6-2-1-3-7-12/h2-4,6-9,14-15H,10H2. The molecule has 0 aliphatic rings. The Balaban J connectivity index is 2.17. The first-order chi connectivity index (χ1) is 7.38. The van der Waals surface area contributed by atoms with Gasteiger partial charge < -0.3 is 10.4 Å². The largest absolute Gasteiger partial charge is 0.392 e. The number of hydrogen-bond acceptors (Lipinski definition) is 2. The van der Waals surface area contributed by atoms with Gasteiger partial charge in [0.25, 0.3) is 0 Å². The maximum absolute atomic E-state index is 8.96. The van der Waals surface area contributed by atoms with Crippen LogP contribution in [0, 0.1) is 12.1 Å². The normalized spacial score (nSPS) is 9.93. The number of hydrogen-bond donors (Lipinski definition) is 2. The van der Waals surface area contributed by atoms with Crippen molar-refractivity contribution in [3.63, 3.8) is 0 Å². The van der Waals surface area contributed by atoms with Gasteiger partial charge >= 0.3 is 0 Å². The highest BCUT2D eigenvalue weighted by Gasteiger charge is 1.95. The summed E-state index contributed by atoms with van der Waals surface area (Å²) >= 11 is 0. The van der Waals surface area contributed by atoms with Crippen molar-refractivity contribution in [2.24, 2.45) is 0 Å². The minimum Gasteiger partial charge on any atom is -0.392 e. The number of rotatable bonds is 3. The maximum atomic E-state index is 8.96. The zero-order chi connectivity index (χ0) is 10.5. The predicted octanol–water partition coefficient (Wildman–Crippen LogP) is 2.52. The average molecular weight is 197 g/mol. The first kappa shape index (κ1) is 9.74. The quantitative estimate of drug-likeness (QED) is 0.792. The summed E-state index contributed by atoms with van der Waals surface area (Å²) in [4.78, 5) is 0. The van der Waals surface area contributed by atoms with Gasteiger partial charge in [-0.1, -0.05) is 18.2 Å². The van der Waals surface area contributed by atoms with E-state index in [-0.39, 0.29) is 6.61 Å². The van der Waals surface area contributed by atoms with Crippen molar-refractivity contribution in [3.05, 3.63) is 60.2 Å². The molecule has 0 fully saturated rings. The molecule has 0 heterocycles. The van der Waals surface area contributed by atoms with Gasteiger partial charge in [-0.25, -0.2) is 0 Å². The summed E-state index contributed by atoms with van der Waals surface area (Å²) in [6.45, 7) is 0.0120. The van der Waals surface area contributed by atoms with Crippen LogP contribution in [0.3, 0.4) is 0 Å². The molecule has 2 heteroatoms. The Hall–Kier alpha value is -1.80. The molecule has 2 aromatic carbocycles. The van der Waals surface area contributed by atoms with Crippen LogP contribution in [-0.4, -0.2) is 5.11 Å². The molecule has 2 nitrogen and oxygen atoms in total. The lowest BCUT2D eigenvalue weighted by Crippen LogP contribution is -1.91. The first-order valence-electron chi connectivity index (χ1n) is 4.73. The van der Waals surface area contributed by atoms with Gasteiger partial charge in [0, 0.05) is 11.4 Å². The van der Waals surface area contributed by atoms with Gasteiger partial charge in [-0.2, -0.15) is 0 Å². The molecule has 74 valence electrons. The molecule has 2 rings (SSSR count). The third-order valence-corrected chi connectivity index (χ3v) is 2.04. The van der Waals surface area contributed by atoms with E-state index in [1.165, 1.54) is 0 Å². The lowest BCUT2D eigenvalue weighted by Gasteiger charge is -2.06. The van der Waals surface area contributed by atoms with Gasteiger partial charge in [0.15, 0.2) is 0 Å². The number of aliphatic hydroxyl groups excluding tert-OH is 1. The molecule has 0 amide bonds. The van der Waals surface area contributed by atoms with Crippen molar-refractivity contribution < 1.29 is 5.11 Å². The van der Waals surface area contributed by atoms with Crippen molar-refractivity contribution in [2.75, 3.05) is 5.32 Å². The molecule has 0 aliphatic heterocycles. The Morgan fingerprint density at radius 1 is 1.07 bits per heavy atom. The molecule has 0 saturated heterocycles. The SMILES string of the molecule is OCc1[c]ccc(Nc2cc[c]cc2)c1. The number of nitrogens with one attached hydrogen (secondary N) is 1. The third kappa shape index (κ3) is 2.58. The van der Waals surface area contributed by atoms with Crippen molar-refractivity contribution >= 4 is 11.4 Å². The number of aliphatic hydroxyl groups is 1. The summed E-state index contributed by atoms with van der Waals surface area (Å²) in [5.41, 5.74) is 2.73. The van der Waals surface area contributed by atoms with Crippen molar-refractivity contribution in [1.82, 2.24) is 0 Å². The van der Waals surface area contributed by atoms with E-state index in [0.717, 1.165) is 16.9 Å². The molecule has 0 saturated carbocycles. The third-order valence-electron chi connectivity index (χ3n) is 2.04. The number of benzene rings is 2. The van der Waals surface area contributed by atoms with Crippen molar-refractivity contribution in [2.45, 2.75) is 6.61 Å². The maximum Gasteiger partial charge on any atom is 0.0688 e. The molecule has 0 atom stereocenters. The van der Waals surface area contributed by atoms with Gasteiger partial charge in [-0.15, -0.1) is 0 Å². The molecule has 2 aromatic rings. The zero-order valence-electron chi connectivity index (χ0n) is 8.20. The summed E-state index contributed by atoms with van der Waals surface area (Å²) in [7, 11) is 0. The monoisotopic (exact) mass is 197 g/mol. The lowest BCUT2D eigenvalue weighted by molar-refractivity contribution is 0.281. The fraction of sp³-hybridized carbons (Fsp3) is 0.0769. The second-order valence-corrected chi connectivity index (χ2v) is 3.17. The van der Waals surface area contributed by atoms with E-state index in [1.807, 2.05) is 36.4 Å².